The molecule has 0 saturated carbocycles. The number of benzene rings is 3. The first-order valence-corrected chi connectivity index (χ1v) is 12.8. The number of halogens is 2. The van der Waals surface area contributed by atoms with E-state index in [2.05, 4.69) is 17.5 Å². The van der Waals surface area contributed by atoms with Crippen LogP contribution in [0.1, 0.15) is 23.2 Å². The standard InChI is InChI=1S/C29H27Cl2N3O5/c1-38-25-12-9-19-15-21(6-5-20(19)16-25)27(34(32)23-4-2-3-22(30)17-23)28(31)39-24-10-7-18(8-11-24)29(37)33-14-13-26(35)36/h2-5,7-12,15-17,21H,6,13-14,32H2,1H3,(H,33,37)(H,35,36)/b28-27+. The van der Waals surface area contributed by atoms with Crippen LogP contribution in [-0.2, 0) is 4.79 Å². The number of carboxylic acids is 1. The monoisotopic (exact) mass is 567 g/mol. The third-order valence-corrected chi connectivity index (χ3v) is 6.62. The van der Waals surface area contributed by atoms with Crippen LogP contribution < -0.4 is 36.1 Å². The molecule has 0 fully saturated rings. The number of nitrogens with one attached hydrogen (secondary N) is 1. The zero-order chi connectivity index (χ0) is 27.9. The number of ether oxygens (including phenoxy) is 2. The molecule has 1 aliphatic rings. The number of aliphatic carboxylic acids is 1. The Balaban J connectivity index is 1.64. The van der Waals surface area contributed by atoms with E-state index < -0.39 is 5.97 Å². The lowest BCUT2D eigenvalue weighted by Crippen LogP contribution is -2.37. The number of nitrogens with two attached hydrogens (primary N) is 1. The summed E-state index contributed by atoms with van der Waals surface area (Å²) >= 11 is 13.0. The molecule has 0 aliphatic heterocycles. The van der Waals surface area contributed by atoms with Gasteiger partial charge in [-0.15, -0.1) is 0 Å². The van der Waals surface area contributed by atoms with Gasteiger partial charge in [-0.1, -0.05) is 35.9 Å². The Morgan fingerprint density at radius 2 is 1.82 bits per heavy atom. The van der Waals surface area contributed by atoms with Crippen molar-refractivity contribution in [3.8, 4) is 11.5 Å². The van der Waals surface area contributed by atoms with Gasteiger partial charge in [0.2, 0.25) is 5.22 Å². The second kappa shape index (κ2) is 12.7. The molecule has 0 heterocycles. The largest absolute Gasteiger partial charge is 0.497 e. The fourth-order valence-corrected chi connectivity index (χ4v) is 4.64. The van der Waals surface area contributed by atoms with E-state index in [0.29, 0.717) is 34.1 Å². The van der Waals surface area contributed by atoms with Crippen molar-refractivity contribution < 1.29 is 24.2 Å². The zero-order valence-electron chi connectivity index (χ0n) is 21.1. The van der Waals surface area contributed by atoms with Gasteiger partial charge in [0.25, 0.3) is 5.91 Å². The predicted molar refractivity (Wildman–Crippen MR) is 152 cm³/mol. The second-order valence-corrected chi connectivity index (χ2v) is 9.52. The van der Waals surface area contributed by atoms with Crippen molar-refractivity contribution in [1.82, 2.24) is 5.32 Å². The smallest absolute Gasteiger partial charge is 0.305 e. The topological polar surface area (TPSA) is 114 Å². The number of fused-ring (bicyclic) bond motifs is 1. The minimum atomic E-state index is -0.987. The van der Waals surface area contributed by atoms with Gasteiger partial charge >= 0.3 is 5.97 Å². The first-order valence-electron chi connectivity index (χ1n) is 12.1. The van der Waals surface area contributed by atoms with Gasteiger partial charge in [-0.25, -0.2) is 5.84 Å². The van der Waals surface area contributed by atoms with Crippen molar-refractivity contribution in [2.75, 3.05) is 18.7 Å². The molecule has 0 bridgehead atoms. The Morgan fingerprint density at radius 3 is 2.51 bits per heavy atom. The van der Waals surface area contributed by atoms with E-state index in [1.807, 2.05) is 24.3 Å². The minimum absolute atomic E-state index is 0.0327. The molecular formula is C29H27Cl2N3O5. The number of methoxy groups -OCH3 is 1. The average molecular weight is 568 g/mol. The van der Waals surface area contributed by atoms with Crippen LogP contribution in [0, 0.1) is 5.92 Å². The molecule has 8 nitrogen and oxygen atoms in total. The Bertz CT molecular complexity index is 1520. The number of allylic oxidation sites excluding steroid dienone is 1. The molecule has 4 N–H and O–H groups in total. The van der Waals surface area contributed by atoms with Gasteiger partial charge in [0.15, 0.2) is 0 Å². The van der Waals surface area contributed by atoms with Crippen LogP contribution in [0.4, 0.5) is 5.69 Å². The molecule has 4 rings (SSSR count). The van der Waals surface area contributed by atoms with Crippen molar-refractivity contribution in [2.24, 2.45) is 11.8 Å². The third kappa shape index (κ3) is 7.11. The van der Waals surface area contributed by atoms with Crippen LogP contribution in [0.5, 0.6) is 11.5 Å². The Labute approximate surface area is 235 Å². The number of hydrazine groups is 1. The SMILES string of the molecule is COc1ccc2c(c1)=CCC(/C(=C(/Cl)Oc1ccc(C(=O)NCCC(=O)O)cc1)N(N)c1cccc(Cl)c1)C=2. The summed E-state index contributed by atoms with van der Waals surface area (Å²) in [6, 6.07) is 19.3. The second-order valence-electron chi connectivity index (χ2n) is 8.74. The lowest BCUT2D eigenvalue weighted by Gasteiger charge is -2.28. The highest BCUT2D eigenvalue weighted by Crippen LogP contribution is 2.32. The molecule has 0 spiro atoms. The van der Waals surface area contributed by atoms with Crippen molar-refractivity contribution in [3.05, 3.63) is 98.7 Å². The first kappa shape index (κ1) is 28.0. The molecule has 1 aliphatic carbocycles. The molecule has 39 heavy (non-hydrogen) atoms. The van der Waals surface area contributed by atoms with Gasteiger partial charge in [-0.2, -0.15) is 0 Å². The number of anilines is 1. The molecule has 3 aromatic carbocycles. The zero-order valence-corrected chi connectivity index (χ0v) is 22.6. The number of hydrogen-bond donors (Lipinski definition) is 3. The lowest BCUT2D eigenvalue weighted by atomic mass is 9.94. The van der Waals surface area contributed by atoms with Gasteiger partial charge in [0.1, 0.15) is 11.5 Å². The van der Waals surface area contributed by atoms with Gasteiger partial charge in [-0.3, -0.25) is 14.6 Å². The van der Waals surface area contributed by atoms with E-state index in [1.54, 1.807) is 49.6 Å². The number of carbonyl (C=O) groups excluding carboxylic acids is 1. The predicted octanol–water partition coefficient (Wildman–Crippen LogP) is 4.00. The van der Waals surface area contributed by atoms with Crippen LogP contribution >= 0.6 is 23.2 Å². The minimum Gasteiger partial charge on any atom is -0.497 e. The van der Waals surface area contributed by atoms with Crippen LogP contribution in [-0.4, -0.2) is 30.6 Å². The van der Waals surface area contributed by atoms with E-state index in [0.717, 1.165) is 16.2 Å². The normalized spacial score (nSPS) is 14.6. The fraction of sp³-hybridized carbons (Fsp3) is 0.172. The summed E-state index contributed by atoms with van der Waals surface area (Å²) in [5, 5.41) is 15.4. The molecule has 1 amide bonds. The molecule has 0 aromatic heterocycles. The molecule has 3 aromatic rings. The number of carbonyl (C=O) groups is 2. The number of hydrogen-bond acceptors (Lipinski definition) is 6. The fourth-order valence-electron chi connectivity index (χ4n) is 4.14. The summed E-state index contributed by atoms with van der Waals surface area (Å²) in [6.45, 7) is 0.0327. The van der Waals surface area contributed by atoms with Crippen molar-refractivity contribution in [2.45, 2.75) is 12.8 Å². The van der Waals surface area contributed by atoms with Crippen LogP contribution in [0.15, 0.2) is 77.6 Å². The molecule has 202 valence electrons. The number of amides is 1. The van der Waals surface area contributed by atoms with E-state index >= 15 is 0 Å². The van der Waals surface area contributed by atoms with Crippen molar-refractivity contribution >= 4 is 52.9 Å². The molecule has 1 unspecified atom stereocenters. The molecule has 0 radical (unpaired) electrons. The average Bonchev–Trinajstić information content (AvgIpc) is 2.93. The molecule has 0 saturated heterocycles. The highest BCUT2D eigenvalue weighted by molar-refractivity contribution is 6.31. The van der Waals surface area contributed by atoms with Crippen LogP contribution in [0.25, 0.3) is 12.2 Å². The van der Waals surface area contributed by atoms with E-state index in [-0.39, 0.29) is 30.0 Å². The Hall–Kier alpha value is -3.98. The maximum Gasteiger partial charge on any atom is 0.305 e. The van der Waals surface area contributed by atoms with Gasteiger partial charge < -0.3 is 19.9 Å². The molecular weight excluding hydrogens is 541 g/mol. The summed E-state index contributed by atoms with van der Waals surface area (Å²) in [5.74, 6) is 6.16. The van der Waals surface area contributed by atoms with Crippen molar-refractivity contribution in [1.29, 1.82) is 0 Å². The molecule has 10 heteroatoms. The Kier molecular flexibility index (Phi) is 9.14. The van der Waals surface area contributed by atoms with Gasteiger partial charge in [0, 0.05) is 23.0 Å². The van der Waals surface area contributed by atoms with E-state index in [4.69, 9.17) is 43.6 Å². The number of rotatable bonds is 10. The first-order chi connectivity index (χ1) is 18.7. The van der Waals surface area contributed by atoms with Gasteiger partial charge in [-0.05, 0) is 83.1 Å². The quantitative estimate of drug-likeness (QED) is 0.193. The highest BCUT2D eigenvalue weighted by Gasteiger charge is 2.24. The lowest BCUT2D eigenvalue weighted by molar-refractivity contribution is -0.136. The summed E-state index contributed by atoms with van der Waals surface area (Å²) in [6.07, 6.45) is 4.62. The summed E-state index contributed by atoms with van der Waals surface area (Å²) in [5.41, 5.74) is 1.50. The summed E-state index contributed by atoms with van der Waals surface area (Å²) in [4.78, 5) is 22.9. The maximum absolute atomic E-state index is 12.3. The molecule has 1 atom stereocenters. The maximum atomic E-state index is 12.3. The number of carboxylic acid groups (broad SMARTS) is 1. The van der Waals surface area contributed by atoms with Crippen molar-refractivity contribution in [3.63, 3.8) is 0 Å². The van der Waals surface area contributed by atoms with E-state index in [9.17, 15) is 9.59 Å². The third-order valence-electron chi connectivity index (χ3n) is 6.11. The van der Waals surface area contributed by atoms with Crippen LogP contribution in [0.3, 0.4) is 0 Å². The summed E-state index contributed by atoms with van der Waals surface area (Å²) in [7, 11) is 1.63. The van der Waals surface area contributed by atoms with E-state index in [1.165, 1.54) is 5.01 Å². The Morgan fingerprint density at radius 1 is 1.08 bits per heavy atom. The summed E-state index contributed by atoms with van der Waals surface area (Å²) < 4.78 is 11.3. The number of nitrogens with zero attached hydrogens (tertiary/aromatic N) is 1. The van der Waals surface area contributed by atoms with Gasteiger partial charge in [0.05, 0.1) is 24.9 Å². The highest BCUT2D eigenvalue weighted by atomic mass is 35.5. The van der Waals surface area contributed by atoms with Crippen LogP contribution in [0.2, 0.25) is 5.02 Å².